The number of carbonyl (C=O) groups excluding carboxylic acids is 1. The van der Waals surface area contributed by atoms with Gasteiger partial charge in [-0.2, -0.15) is 0 Å². The SMILES string of the molecule is COCCN(C(=O)c1ccc(F)c(S)c1)C(C)C. The molecule has 0 N–H and O–H groups in total. The second-order valence-corrected chi connectivity index (χ2v) is 4.73. The minimum absolute atomic E-state index is 0.0565. The first-order valence-corrected chi connectivity index (χ1v) is 6.20. The first-order valence-electron chi connectivity index (χ1n) is 5.75. The molecule has 0 aliphatic rings. The molecule has 0 saturated heterocycles. The van der Waals surface area contributed by atoms with Crippen molar-refractivity contribution in [2.24, 2.45) is 0 Å². The topological polar surface area (TPSA) is 29.5 Å². The third kappa shape index (κ3) is 3.71. The minimum atomic E-state index is -0.428. The number of rotatable bonds is 5. The molecular formula is C13H18FNO2S. The van der Waals surface area contributed by atoms with E-state index in [1.807, 2.05) is 13.8 Å². The molecule has 0 saturated carbocycles. The molecule has 0 atom stereocenters. The molecule has 1 aromatic rings. The average molecular weight is 271 g/mol. The summed E-state index contributed by atoms with van der Waals surface area (Å²) in [7, 11) is 1.59. The molecule has 1 rings (SSSR count). The number of amides is 1. The van der Waals surface area contributed by atoms with Gasteiger partial charge in [0.15, 0.2) is 0 Å². The zero-order chi connectivity index (χ0) is 13.7. The summed E-state index contributed by atoms with van der Waals surface area (Å²) >= 11 is 3.98. The number of halogens is 1. The summed E-state index contributed by atoms with van der Waals surface area (Å²) in [5.41, 5.74) is 0.436. The van der Waals surface area contributed by atoms with Crippen LogP contribution in [0.3, 0.4) is 0 Å². The lowest BCUT2D eigenvalue weighted by atomic mass is 10.1. The Morgan fingerprint density at radius 3 is 2.67 bits per heavy atom. The van der Waals surface area contributed by atoms with Gasteiger partial charge in [-0.3, -0.25) is 4.79 Å². The van der Waals surface area contributed by atoms with Crippen LogP contribution in [0.1, 0.15) is 24.2 Å². The molecular weight excluding hydrogens is 253 g/mol. The van der Waals surface area contributed by atoms with E-state index in [1.165, 1.54) is 18.2 Å². The molecule has 0 unspecified atom stereocenters. The van der Waals surface area contributed by atoms with Crippen LogP contribution in [0.25, 0.3) is 0 Å². The van der Waals surface area contributed by atoms with Gasteiger partial charge in [0.1, 0.15) is 5.82 Å². The van der Waals surface area contributed by atoms with Crippen molar-refractivity contribution in [3.05, 3.63) is 29.6 Å². The number of thiol groups is 1. The summed E-state index contributed by atoms with van der Waals surface area (Å²) in [5, 5.41) is 0. The van der Waals surface area contributed by atoms with Crippen molar-refractivity contribution < 1.29 is 13.9 Å². The van der Waals surface area contributed by atoms with Crippen molar-refractivity contribution in [1.29, 1.82) is 0 Å². The van der Waals surface area contributed by atoms with E-state index in [0.717, 1.165) is 0 Å². The quantitative estimate of drug-likeness (QED) is 0.834. The summed E-state index contributed by atoms with van der Waals surface area (Å²) in [5.74, 6) is -0.569. The maximum absolute atomic E-state index is 13.1. The average Bonchev–Trinajstić information content (AvgIpc) is 2.32. The van der Waals surface area contributed by atoms with Crippen molar-refractivity contribution in [3.63, 3.8) is 0 Å². The Morgan fingerprint density at radius 2 is 2.17 bits per heavy atom. The van der Waals surface area contributed by atoms with Crippen LogP contribution in [-0.2, 0) is 4.74 Å². The van der Waals surface area contributed by atoms with Crippen molar-refractivity contribution >= 4 is 18.5 Å². The highest BCUT2D eigenvalue weighted by molar-refractivity contribution is 7.80. The lowest BCUT2D eigenvalue weighted by molar-refractivity contribution is 0.0634. The van der Waals surface area contributed by atoms with E-state index in [1.54, 1.807) is 12.0 Å². The Hall–Kier alpha value is -1.07. The minimum Gasteiger partial charge on any atom is -0.383 e. The molecule has 1 aromatic carbocycles. The van der Waals surface area contributed by atoms with Gasteiger partial charge >= 0.3 is 0 Å². The molecule has 3 nitrogen and oxygen atoms in total. The summed E-state index contributed by atoms with van der Waals surface area (Å²) in [6.07, 6.45) is 0. The van der Waals surface area contributed by atoms with Gasteiger partial charge in [0.05, 0.1) is 6.61 Å². The Morgan fingerprint density at radius 1 is 1.50 bits per heavy atom. The van der Waals surface area contributed by atoms with E-state index in [9.17, 15) is 9.18 Å². The molecule has 0 aliphatic heterocycles. The van der Waals surface area contributed by atoms with Gasteiger partial charge in [0, 0.05) is 30.2 Å². The van der Waals surface area contributed by atoms with E-state index in [-0.39, 0.29) is 16.8 Å². The van der Waals surface area contributed by atoms with E-state index in [4.69, 9.17) is 4.74 Å². The Balaban J connectivity index is 2.91. The second kappa shape index (κ2) is 6.75. The van der Waals surface area contributed by atoms with Gasteiger partial charge in [0.2, 0.25) is 0 Å². The number of ether oxygens (including phenoxy) is 1. The number of hydrogen-bond donors (Lipinski definition) is 1. The summed E-state index contributed by atoms with van der Waals surface area (Å²) in [4.78, 5) is 14.1. The number of carbonyl (C=O) groups is 1. The Bertz CT molecular complexity index is 423. The van der Waals surface area contributed by atoms with Gasteiger partial charge in [-0.25, -0.2) is 4.39 Å². The predicted molar refractivity (Wildman–Crippen MR) is 71.7 cm³/mol. The molecule has 0 aromatic heterocycles. The lowest BCUT2D eigenvalue weighted by Crippen LogP contribution is -2.39. The van der Waals surface area contributed by atoms with E-state index >= 15 is 0 Å². The molecule has 0 fully saturated rings. The number of hydrogen-bond acceptors (Lipinski definition) is 3. The molecule has 0 aliphatic carbocycles. The highest BCUT2D eigenvalue weighted by Gasteiger charge is 2.19. The van der Waals surface area contributed by atoms with Crippen LogP contribution in [0, 0.1) is 5.82 Å². The molecule has 0 radical (unpaired) electrons. The van der Waals surface area contributed by atoms with Crippen molar-refractivity contribution in [1.82, 2.24) is 4.90 Å². The van der Waals surface area contributed by atoms with Crippen LogP contribution in [-0.4, -0.2) is 37.1 Å². The fourth-order valence-corrected chi connectivity index (χ4v) is 1.81. The van der Waals surface area contributed by atoms with Crippen molar-refractivity contribution in [2.75, 3.05) is 20.3 Å². The normalized spacial score (nSPS) is 10.8. The van der Waals surface area contributed by atoms with Gasteiger partial charge in [0.25, 0.3) is 5.91 Å². The molecule has 0 bridgehead atoms. The molecule has 18 heavy (non-hydrogen) atoms. The predicted octanol–water partition coefficient (Wildman–Crippen LogP) is 2.61. The number of benzene rings is 1. The van der Waals surface area contributed by atoms with Gasteiger partial charge in [-0.15, -0.1) is 12.6 Å². The van der Waals surface area contributed by atoms with Gasteiger partial charge in [-0.1, -0.05) is 0 Å². The monoisotopic (exact) mass is 271 g/mol. The third-order valence-corrected chi connectivity index (χ3v) is 2.96. The van der Waals surface area contributed by atoms with E-state index in [2.05, 4.69) is 12.6 Å². The van der Waals surface area contributed by atoms with Crippen LogP contribution < -0.4 is 0 Å². The fraction of sp³-hybridized carbons (Fsp3) is 0.462. The highest BCUT2D eigenvalue weighted by atomic mass is 32.1. The highest BCUT2D eigenvalue weighted by Crippen LogP contribution is 2.16. The fourth-order valence-electron chi connectivity index (χ4n) is 1.60. The summed E-state index contributed by atoms with van der Waals surface area (Å²) < 4.78 is 18.1. The van der Waals surface area contributed by atoms with Crippen LogP contribution in [0.5, 0.6) is 0 Å². The molecule has 0 heterocycles. The number of methoxy groups -OCH3 is 1. The van der Waals surface area contributed by atoms with Crippen LogP contribution in [0.2, 0.25) is 0 Å². The van der Waals surface area contributed by atoms with Crippen LogP contribution >= 0.6 is 12.6 Å². The van der Waals surface area contributed by atoms with Crippen LogP contribution in [0.4, 0.5) is 4.39 Å². The smallest absolute Gasteiger partial charge is 0.254 e. The molecule has 5 heteroatoms. The van der Waals surface area contributed by atoms with Crippen LogP contribution in [0.15, 0.2) is 23.1 Å². The summed E-state index contributed by atoms with van der Waals surface area (Å²) in [6.45, 7) is 4.84. The maximum atomic E-state index is 13.1. The maximum Gasteiger partial charge on any atom is 0.254 e. The van der Waals surface area contributed by atoms with Gasteiger partial charge < -0.3 is 9.64 Å². The van der Waals surface area contributed by atoms with Crippen molar-refractivity contribution in [3.8, 4) is 0 Å². The first kappa shape index (κ1) is 15.0. The summed E-state index contributed by atoms with van der Waals surface area (Å²) in [6, 6.07) is 4.23. The molecule has 100 valence electrons. The lowest BCUT2D eigenvalue weighted by Gasteiger charge is -2.26. The van der Waals surface area contributed by atoms with E-state index in [0.29, 0.717) is 18.7 Å². The van der Waals surface area contributed by atoms with Crippen molar-refractivity contribution in [2.45, 2.75) is 24.8 Å². The standard InChI is InChI=1S/C13H18FNO2S/c1-9(2)15(6-7-17-3)13(16)10-4-5-11(14)12(18)8-10/h4-5,8-9,18H,6-7H2,1-3H3. The molecule has 0 spiro atoms. The van der Waals surface area contributed by atoms with Gasteiger partial charge in [-0.05, 0) is 32.0 Å². The van der Waals surface area contributed by atoms with E-state index < -0.39 is 5.82 Å². The zero-order valence-corrected chi connectivity index (χ0v) is 11.7. The Labute approximate surface area is 112 Å². The number of nitrogens with zero attached hydrogens (tertiary/aromatic N) is 1. The third-order valence-electron chi connectivity index (χ3n) is 2.61. The zero-order valence-electron chi connectivity index (χ0n) is 10.8. The second-order valence-electron chi connectivity index (χ2n) is 4.25. The largest absolute Gasteiger partial charge is 0.383 e. The molecule has 1 amide bonds. The Kier molecular flexibility index (Phi) is 5.62. The first-order chi connectivity index (χ1) is 8.47.